The number of ketones is 1. The fourth-order valence-corrected chi connectivity index (χ4v) is 1.82. The van der Waals surface area contributed by atoms with Crippen LogP contribution in [0.4, 0.5) is 0 Å². The average molecular weight is 194 g/mol. The van der Waals surface area contributed by atoms with Crippen LogP contribution < -0.4 is 0 Å². The number of rotatable bonds is 2. The molecule has 1 atom stereocenters. The second kappa shape index (κ2) is 6.58. The van der Waals surface area contributed by atoms with E-state index in [0.717, 1.165) is 18.4 Å². The summed E-state index contributed by atoms with van der Waals surface area (Å²) in [5.74, 6) is 0.803. The number of hydrogen-bond acceptors (Lipinski definition) is 1. The van der Waals surface area contributed by atoms with Crippen LogP contribution in [-0.4, -0.2) is 5.78 Å². The van der Waals surface area contributed by atoms with Gasteiger partial charge in [0.15, 0.2) is 5.78 Å². The standard InChI is InChI=1S/C11H16O.C2H6/c1-4-9-6-8(3)7-11(12)10(9)5-2;1-2/h5,8H,2,4,6-7H2,1,3H3;1-2H3. The maximum atomic E-state index is 11.5. The Balaban J connectivity index is 0.000000791. The number of carbonyl (C=O) groups is 1. The number of hydrogen-bond donors (Lipinski definition) is 0. The summed E-state index contributed by atoms with van der Waals surface area (Å²) in [5, 5.41) is 0. The monoisotopic (exact) mass is 194 g/mol. The van der Waals surface area contributed by atoms with E-state index < -0.39 is 0 Å². The molecule has 1 heteroatoms. The summed E-state index contributed by atoms with van der Waals surface area (Å²) in [4.78, 5) is 11.5. The smallest absolute Gasteiger partial charge is 0.163 e. The molecule has 0 N–H and O–H groups in total. The van der Waals surface area contributed by atoms with Crippen LogP contribution in [0.2, 0.25) is 0 Å². The number of allylic oxidation sites excluding steroid dienone is 3. The lowest BCUT2D eigenvalue weighted by Crippen LogP contribution is -2.16. The number of carbonyl (C=O) groups excluding carboxylic acids is 1. The third-order valence-corrected chi connectivity index (χ3v) is 2.44. The van der Waals surface area contributed by atoms with Gasteiger partial charge in [-0.2, -0.15) is 0 Å². The second-order valence-electron chi connectivity index (χ2n) is 3.51. The minimum Gasteiger partial charge on any atom is -0.294 e. The second-order valence-corrected chi connectivity index (χ2v) is 3.51. The molecule has 0 aromatic heterocycles. The molecule has 1 aliphatic carbocycles. The van der Waals surface area contributed by atoms with Gasteiger partial charge < -0.3 is 0 Å². The lowest BCUT2D eigenvalue weighted by Gasteiger charge is -2.21. The molecule has 1 nitrogen and oxygen atoms in total. The van der Waals surface area contributed by atoms with E-state index in [1.165, 1.54) is 5.57 Å². The molecule has 1 unspecified atom stereocenters. The molecule has 0 amide bonds. The Labute approximate surface area is 87.9 Å². The fourth-order valence-electron chi connectivity index (χ4n) is 1.82. The fraction of sp³-hybridized carbons (Fsp3) is 0.615. The number of Topliss-reactive ketones (excluding diaryl/α,β-unsaturated/α-hetero) is 1. The zero-order valence-electron chi connectivity index (χ0n) is 9.89. The molecule has 0 spiro atoms. The SMILES string of the molecule is C=CC1=C(CC)CC(C)CC1=O.CC. The van der Waals surface area contributed by atoms with Crippen molar-refractivity contribution >= 4 is 5.78 Å². The van der Waals surface area contributed by atoms with Gasteiger partial charge >= 0.3 is 0 Å². The van der Waals surface area contributed by atoms with Crippen molar-refractivity contribution in [2.24, 2.45) is 5.92 Å². The molecule has 0 aliphatic heterocycles. The van der Waals surface area contributed by atoms with Gasteiger partial charge in [-0.1, -0.05) is 45.9 Å². The van der Waals surface area contributed by atoms with E-state index in [1.54, 1.807) is 6.08 Å². The van der Waals surface area contributed by atoms with Crippen molar-refractivity contribution in [3.63, 3.8) is 0 Å². The Morgan fingerprint density at radius 2 is 2.00 bits per heavy atom. The zero-order chi connectivity index (χ0) is 11.1. The van der Waals surface area contributed by atoms with Crippen LogP contribution in [0.15, 0.2) is 23.8 Å². The highest BCUT2D eigenvalue weighted by atomic mass is 16.1. The van der Waals surface area contributed by atoms with E-state index in [4.69, 9.17) is 0 Å². The van der Waals surface area contributed by atoms with Gasteiger partial charge in [0.1, 0.15) is 0 Å². The highest BCUT2D eigenvalue weighted by Crippen LogP contribution is 2.28. The summed E-state index contributed by atoms with van der Waals surface area (Å²) >= 11 is 0. The van der Waals surface area contributed by atoms with Crippen molar-refractivity contribution in [1.29, 1.82) is 0 Å². The third-order valence-electron chi connectivity index (χ3n) is 2.44. The van der Waals surface area contributed by atoms with Crippen molar-refractivity contribution in [1.82, 2.24) is 0 Å². The highest BCUT2D eigenvalue weighted by molar-refractivity contribution is 5.99. The molecular formula is C13H22O. The highest BCUT2D eigenvalue weighted by Gasteiger charge is 2.21. The van der Waals surface area contributed by atoms with E-state index in [2.05, 4.69) is 20.4 Å². The largest absolute Gasteiger partial charge is 0.294 e. The van der Waals surface area contributed by atoms with Crippen molar-refractivity contribution in [2.75, 3.05) is 0 Å². The summed E-state index contributed by atoms with van der Waals surface area (Å²) in [6.07, 6.45) is 4.47. The van der Waals surface area contributed by atoms with E-state index >= 15 is 0 Å². The molecule has 0 aromatic rings. The van der Waals surface area contributed by atoms with E-state index in [9.17, 15) is 4.79 Å². The van der Waals surface area contributed by atoms with Gasteiger partial charge in [0.05, 0.1) is 0 Å². The van der Waals surface area contributed by atoms with Gasteiger partial charge in [-0.25, -0.2) is 0 Å². The Hall–Kier alpha value is -0.850. The topological polar surface area (TPSA) is 17.1 Å². The molecule has 1 aliphatic rings. The first kappa shape index (κ1) is 13.2. The molecule has 14 heavy (non-hydrogen) atoms. The molecule has 0 bridgehead atoms. The normalized spacial score (nSPS) is 21.4. The summed E-state index contributed by atoms with van der Waals surface area (Å²) in [6, 6.07) is 0. The maximum absolute atomic E-state index is 11.5. The predicted octanol–water partition coefficient (Wildman–Crippen LogP) is 3.90. The van der Waals surface area contributed by atoms with Crippen molar-refractivity contribution < 1.29 is 4.79 Å². The summed E-state index contributed by atoms with van der Waals surface area (Å²) in [7, 11) is 0. The van der Waals surface area contributed by atoms with Crippen LogP contribution in [0, 0.1) is 5.92 Å². The molecule has 0 radical (unpaired) electrons. The first-order valence-electron chi connectivity index (χ1n) is 5.56. The molecular weight excluding hydrogens is 172 g/mol. The molecule has 0 fully saturated rings. The zero-order valence-corrected chi connectivity index (χ0v) is 9.89. The quantitative estimate of drug-likeness (QED) is 0.651. The van der Waals surface area contributed by atoms with Crippen LogP contribution in [0.25, 0.3) is 0 Å². The Kier molecular flexibility index (Phi) is 6.18. The molecule has 0 saturated carbocycles. The first-order valence-corrected chi connectivity index (χ1v) is 5.56. The Bertz CT molecular complexity index is 236. The summed E-state index contributed by atoms with van der Waals surface area (Å²) < 4.78 is 0. The average Bonchev–Trinajstić information content (AvgIpc) is 2.19. The van der Waals surface area contributed by atoms with Gasteiger partial charge in [-0.3, -0.25) is 4.79 Å². The molecule has 80 valence electrons. The summed E-state index contributed by atoms with van der Waals surface area (Å²) in [5.41, 5.74) is 2.17. The van der Waals surface area contributed by atoms with Crippen LogP contribution in [0.3, 0.4) is 0 Å². The van der Waals surface area contributed by atoms with E-state index in [-0.39, 0.29) is 5.78 Å². The summed E-state index contributed by atoms with van der Waals surface area (Å²) in [6.45, 7) is 11.9. The molecule has 0 saturated heterocycles. The Morgan fingerprint density at radius 3 is 2.43 bits per heavy atom. The van der Waals surface area contributed by atoms with Gasteiger partial charge in [0, 0.05) is 12.0 Å². The van der Waals surface area contributed by atoms with Crippen LogP contribution in [-0.2, 0) is 4.79 Å². The van der Waals surface area contributed by atoms with Crippen LogP contribution in [0.5, 0.6) is 0 Å². The first-order chi connectivity index (χ1) is 6.69. The minimum atomic E-state index is 0.278. The van der Waals surface area contributed by atoms with Crippen molar-refractivity contribution in [2.45, 2.75) is 47.0 Å². The lowest BCUT2D eigenvalue weighted by molar-refractivity contribution is -0.116. The Morgan fingerprint density at radius 1 is 1.43 bits per heavy atom. The third kappa shape index (κ3) is 3.13. The van der Waals surface area contributed by atoms with Gasteiger partial charge in [-0.15, -0.1) is 0 Å². The minimum absolute atomic E-state index is 0.278. The van der Waals surface area contributed by atoms with E-state index in [0.29, 0.717) is 12.3 Å². The van der Waals surface area contributed by atoms with Crippen molar-refractivity contribution in [3.8, 4) is 0 Å². The van der Waals surface area contributed by atoms with Gasteiger partial charge in [-0.05, 0) is 18.8 Å². The molecule has 0 heterocycles. The van der Waals surface area contributed by atoms with Gasteiger partial charge in [0.2, 0.25) is 0 Å². The van der Waals surface area contributed by atoms with Crippen LogP contribution >= 0.6 is 0 Å². The molecule has 1 rings (SSSR count). The molecule has 0 aromatic carbocycles. The van der Waals surface area contributed by atoms with Crippen LogP contribution in [0.1, 0.15) is 47.0 Å². The maximum Gasteiger partial charge on any atom is 0.163 e. The van der Waals surface area contributed by atoms with E-state index in [1.807, 2.05) is 13.8 Å². The van der Waals surface area contributed by atoms with Gasteiger partial charge in [0.25, 0.3) is 0 Å². The van der Waals surface area contributed by atoms with Crippen molar-refractivity contribution in [3.05, 3.63) is 23.8 Å². The lowest BCUT2D eigenvalue weighted by atomic mass is 9.83. The predicted molar refractivity (Wildman–Crippen MR) is 62.3 cm³/mol.